The minimum absolute atomic E-state index is 0. The van der Waals surface area contributed by atoms with Gasteiger partial charge in [0.15, 0.2) is 0 Å². The second kappa shape index (κ2) is 5.58. The summed E-state index contributed by atoms with van der Waals surface area (Å²) in [5.41, 5.74) is 2.00. The van der Waals surface area contributed by atoms with Gasteiger partial charge in [0, 0.05) is 49.0 Å². The first-order chi connectivity index (χ1) is 8.29. The van der Waals surface area contributed by atoms with Gasteiger partial charge in [-0.1, -0.05) is 30.8 Å². The van der Waals surface area contributed by atoms with Crippen molar-refractivity contribution in [1.82, 2.24) is 14.8 Å². The fourth-order valence-electron chi connectivity index (χ4n) is 2.17. The smallest absolute Gasteiger partial charge is 0.0360 e. The standard InChI is InChI=1S/C13H14N4.Tm/c1-9-16-15-8-17(9)13-7-11-6-10(11)4-3-5-12(13)14-2;/h3-5,7,10-11H,6H2,1-2H3;/q-2;. The molecule has 1 saturated carbocycles. The molecule has 0 spiro atoms. The van der Waals surface area contributed by atoms with Crippen LogP contribution in [0.4, 0.5) is 0 Å². The first-order valence-electron chi connectivity index (χ1n) is 5.80. The first-order valence-corrected chi connectivity index (χ1v) is 5.80. The minimum atomic E-state index is 0. The normalized spacial score (nSPS) is 25.0. The van der Waals surface area contributed by atoms with E-state index in [1.54, 1.807) is 7.05 Å². The predicted octanol–water partition coefficient (Wildman–Crippen LogP) is 2.32. The molecule has 1 heterocycles. The molecule has 5 heteroatoms. The Balaban J connectivity index is 0.00000120. The molecule has 0 aliphatic heterocycles. The molecule has 1 aromatic rings. The van der Waals surface area contributed by atoms with Crippen LogP contribution in [0.1, 0.15) is 12.2 Å². The first kappa shape index (κ1) is 13.8. The van der Waals surface area contributed by atoms with E-state index in [1.165, 1.54) is 6.42 Å². The molecule has 3 rings (SSSR count). The molecular weight excluding hydrogens is 381 g/mol. The molecule has 2 atom stereocenters. The Labute approximate surface area is 136 Å². The molecule has 0 bridgehead atoms. The van der Waals surface area contributed by atoms with E-state index in [9.17, 15) is 0 Å². The number of allylic oxidation sites excluding steroid dienone is 5. The van der Waals surface area contributed by atoms with Gasteiger partial charge >= 0.3 is 0 Å². The Kier molecular flexibility index (Phi) is 4.28. The largest absolute Gasteiger partial charge is 0.696 e. The number of likely N-dealkylation sites (N-methyl/N-ethyl adjacent to an activating group) is 1. The molecule has 1 aromatic heterocycles. The summed E-state index contributed by atoms with van der Waals surface area (Å²) in [4.78, 5) is 0. The van der Waals surface area contributed by atoms with E-state index in [2.05, 4.69) is 40.1 Å². The van der Waals surface area contributed by atoms with Gasteiger partial charge in [0.2, 0.25) is 0 Å². The van der Waals surface area contributed by atoms with Gasteiger partial charge in [0.05, 0.1) is 0 Å². The van der Waals surface area contributed by atoms with E-state index in [0.29, 0.717) is 11.8 Å². The average Bonchev–Trinajstić information content (AvgIpc) is 2.87. The maximum atomic E-state index is 4.33. The van der Waals surface area contributed by atoms with Crippen LogP contribution < -0.4 is 0 Å². The molecule has 1 fully saturated rings. The van der Waals surface area contributed by atoms with E-state index < -0.39 is 0 Å². The maximum Gasteiger partial charge on any atom is 0.0360 e. The van der Waals surface area contributed by atoms with Crippen molar-refractivity contribution in [3.05, 3.63) is 47.5 Å². The van der Waals surface area contributed by atoms with Crippen molar-refractivity contribution in [1.29, 1.82) is 0 Å². The minimum Gasteiger partial charge on any atom is -0.696 e. The summed E-state index contributed by atoms with van der Waals surface area (Å²) in [6.07, 6.45) is 12.8. The third kappa shape index (κ3) is 2.55. The maximum absolute atomic E-state index is 4.33. The van der Waals surface area contributed by atoms with E-state index in [4.69, 9.17) is 0 Å². The summed E-state index contributed by atoms with van der Waals surface area (Å²) in [6, 6.07) is 0. The fourth-order valence-corrected chi connectivity index (χ4v) is 2.17. The Morgan fingerprint density at radius 2 is 2.28 bits per heavy atom. The van der Waals surface area contributed by atoms with Crippen LogP contribution in [0.5, 0.6) is 0 Å². The van der Waals surface area contributed by atoms with Crippen molar-refractivity contribution in [2.75, 3.05) is 7.05 Å². The van der Waals surface area contributed by atoms with Crippen molar-refractivity contribution in [3.8, 4) is 0 Å². The Hall–Kier alpha value is -0.606. The van der Waals surface area contributed by atoms with Crippen molar-refractivity contribution in [3.63, 3.8) is 0 Å². The number of aryl methyl sites for hydroxylation is 1. The molecular formula is C13H14N4Tm-2. The topological polar surface area (TPSA) is 44.8 Å². The molecule has 2 unspecified atom stereocenters. The van der Waals surface area contributed by atoms with Crippen molar-refractivity contribution in [2.24, 2.45) is 11.8 Å². The molecule has 1 radical (unpaired) electrons. The van der Waals surface area contributed by atoms with Crippen LogP contribution >= 0.6 is 0 Å². The van der Waals surface area contributed by atoms with Crippen LogP contribution in [0.3, 0.4) is 0 Å². The van der Waals surface area contributed by atoms with E-state index in [-0.39, 0.29) is 36.9 Å². The zero-order valence-electron chi connectivity index (χ0n) is 10.2. The second-order valence-corrected chi connectivity index (χ2v) is 4.46. The monoisotopic (exact) mass is 395 g/mol. The summed E-state index contributed by atoms with van der Waals surface area (Å²) in [7, 11) is 1.80. The summed E-state index contributed by atoms with van der Waals surface area (Å²) in [5.74, 6) is 2.16. The number of aromatic nitrogens is 3. The quantitative estimate of drug-likeness (QED) is 0.722. The number of nitrogens with zero attached hydrogens (tertiary/aromatic N) is 4. The number of hydrogen-bond donors (Lipinski definition) is 0. The zero-order valence-corrected chi connectivity index (χ0v) is 12.0. The molecule has 101 valence electrons. The van der Waals surface area contributed by atoms with E-state index >= 15 is 0 Å². The molecule has 0 N–H and O–H groups in total. The average molecular weight is 395 g/mol. The predicted molar refractivity (Wildman–Crippen MR) is 66.0 cm³/mol. The van der Waals surface area contributed by atoms with Gasteiger partial charge in [-0.2, -0.15) is 5.70 Å². The Morgan fingerprint density at radius 1 is 1.44 bits per heavy atom. The van der Waals surface area contributed by atoms with Crippen LogP contribution in [0, 0.1) is 62.0 Å². The van der Waals surface area contributed by atoms with Gasteiger partial charge in [-0.05, 0) is 18.3 Å². The molecule has 18 heavy (non-hydrogen) atoms. The number of fused-ring (bicyclic) bond motifs is 1. The van der Waals surface area contributed by atoms with Crippen molar-refractivity contribution >= 4 is 5.70 Å². The summed E-state index contributed by atoms with van der Waals surface area (Å²) >= 11 is 0. The van der Waals surface area contributed by atoms with Gasteiger partial charge in [0.25, 0.3) is 0 Å². The van der Waals surface area contributed by atoms with Crippen molar-refractivity contribution in [2.45, 2.75) is 13.3 Å². The van der Waals surface area contributed by atoms with Gasteiger partial charge in [-0.25, -0.2) is 10.2 Å². The van der Waals surface area contributed by atoms with Crippen molar-refractivity contribution < 1.29 is 36.9 Å². The van der Waals surface area contributed by atoms with E-state index in [1.807, 2.05) is 17.6 Å². The number of hydrogen-bond acceptors (Lipinski definition) is 2. The molecule has 0 aromatic carbocycles. The van der Waals surface area contributed by atoms with Crippen LogP contribution in [-0.4, -0.2) is 21.8 Å². The second-order valence-electron chi connectivity index (χ2n) is 4.46. The third-order valence-corrected chi connectivity index (χ3v) is 3.28. The number of rotatable bonds is 2. The van der Waals surface area contributed by atoms with Gasteiger partial charge in [0.1, 0.15) is 0 Å². The fraction of sp³-hybridized carbons (Fsp3) is 0.385. The van der Waals surface area contributed by atoms with E-state index in [0.717, 1.165) is 17.2 Å². The summed E-state index contributed by atoms with van der Waals surface area (Å²) in [6.45, 7) is 1.93. The van der Waals surface area contributed by atoms with Crippen LogP contribution in [0.25, 0.3) is 11.0 Å². The van der Waals surface area contributed by atoms with Crippen LogP contribution in [0.15, 0.2) is 30.0 Å². The Bertz CT molecular complexity index is 527. The molecule has 2 aliphatic carbocycles. The molecule has 2 aliphatic rings. The summed E-state index contributed by atoms with van der Waals surface area (Å²) < 4.78 is 1.88. The van der Waals surface area contributed by atoms with Gasteiger partial charge in [-0.3, -0.25) is 0 Å². The SMILES string of the molecule is C[N-]C1=CC=CC2CC2C=C1n1[c-]nnc1C.[Tm]. The van der Waals surface area contributed by atoms with Gasteiger partial charge in [-0.15, -0.1) is 13.1 Å². The molecule has 4 nitrogen and oxygen atoms in total. The molecule has 0 saturated heterocycles. The Morgan fingerprint density at radius 3 is 2.94 bits per heavy atom. The molecule has 0 amide bonds. The third-order valence-electron chi connectivity index (χ3n) is 3.28. The van der Waals surface area contributed by atoms with Gasteiger partial charge < -0.3 is 9.88 Å². The van der Waals surface area contributed by atoms with Crippen LogP contribution in [0.2, 0.25) is 0 Å². The zero-order chi connectivity index (χ0) is 11.8. The summed E-state index contributed by atoms with van der Waals surface area (Å²) in [5, 5.41) is 12.1. The van der Waals surface area contributed by atoms with Crippen LogP contribution in [-0.2, 0) is 0 Å².